The summed E-state index contributed by atoms with van der Waals surface area (Å²) in [5, 5.41) is 18.3. The van der Waals surface area contributed by atoms with Gasteiger partial charge < -0.3 is 25.0 Å². The Balaban J connectivity index is 0.000000569. The van der Waals surface area contributed by atoms with Gasteiger partial charge in [0.25, 0.3) is 0 Å². The first-order valence-electron chi connectivity index (χ1n) is 10.2. The van der Waals surface area contributed by atoms with Crippen LogP contribution in [0.2, 0.25) is 0 Å². The summed E-state index contributed by atoms with van der Waals surface area (Å²) in [6.07, 6.45) is 0. The van der Waals surface area contributed by atoms with Gasteiger partial charge >= 0.3 is 17.9 Å². The Kier molecular flexibility index (Phi) is 9.98. The number of esters is 1. The van der Waals surface area contributed by atoms with Crippen LogP contribution in [0.5, 0.6) is 0 Å². The number of amides is 1. The van der Waals surface area contributed by atoms with Gasteiger partial charge in [-0.15, -0.1) is 11.3 Å². The third kappa shape index (κ3) is 7.67. The number of hydrogen-bond donors (Lipinski definition) is 3. The molecule has 33 heavy (non-hydrogen) atoms. The van der Waals surface area contributed by atoms with E-state index >= 15 is 0 Å². The lowest BCUT2D eigenvalue weighted by atomic mass is 10.0. The zero-order valence-corrected chi connectivity index (χ0v) is 19.1. The maximum absolute atomic E-state index is 12.7. The van der Waals surface area contributed by atoms with Crippen LogP contribution in [0, 0.1) is 6.92 Å². The van der Waals surface area contributed by atoms with Crippen LogP contribution in [0.4, 0.5) is 5.00 Å². The Bertz CT molecular complexity index is 972. The maximum atomic E-state index is 12.7. The molecule has 1 aromatic heterocycles. The predicted octanol–water partition coefficient (Wildman–Crippen LogP) is 2.33. The Morgan fingerprint density at radius 3 is 2.24 bits per heavy atom. The van der Waals surface area contributed by atoms with Crippen molar-refractivity contribution in [3.8, 4) is 11.1 Å². The van der Waals surface area contributed by atoms with Gasteiger partial charge in [0.05, 0.1) is 26.4 Å². The first-order valence-corrected chi connectivity index (χ1v) is 11.0. The Morgan fingerprint density at radius 2 is 1.70 bits per heavy atom. The summed E-state index contributed by atoms with van der Waals surface area (Å²) in [5.74, 6) is -4.20. The molecule has 2 aromatic rings. The Hall–Kier alpha value is -3.28. The average molecular weight is 479 g/mol. The van der Waals surface area contributed by atoms with Crippen LogP contribution in [-0.4, -0.2) is 78.4 Å². The highest BCUT2D eigenvalue weighted by molar-refractivity contribution is 7.17. The van der Waals surface area contributed by atoms with E-state index in [9.17, 15) is 9.59 Å². The Morgan fingerprint density at radius 1 is 1.09 bits per heavy atom. The molecule has 1 aromatic carbocycles. The standard InChI is InChI=1S/C20H24N2O4S.C2H2O4/c1-3-26-20(24)18-17(15-7-5-4-6-8-15)14(2)27-19(18)21-16(23)13-22-9-11-25-12-10-22;3-1(4)2(5)6/h4-8H,3,9-13H2,1-2H3,(H,21,23);(H,3,4)(H,5,6). The van der Waals surface area contributed by atoms with Crippen LogP contribution in [0.15, 0.2) is 30.3 Å². The lowest BCUT2D eigenvalue weighted by Gasteiger charge is -2.25. The van der Waals surface area contributed by atoms with Gasteiger partial charge in [-0.2, -0.15) is 0 Å². The van der Waals surface area contributed by atoms with Gasteiger partial charge in [0, 0.05) is 23.5 Å². The number of anilines is 1. The van der Waals surface area contributed by atoms with E-state index in [1.807, 2.05) is 42.2 Å². The third-order valence-electron chi connectivity index (χ3n) is 4.53. The van der Waals surface area contributed by atoms with Crippen molar-refractivity contribution in [2.24, 2.45) is 0 Å². The molecular weight excluding hydrogens is 452 g/mol. The number of hydrogen-bond acceptors (Lipinski definition) is 8. The molecule has 11 heteroatoms. The highest BCUT2D eigenvalue weighted by atomic mass is 32.1. The molecule has 0 radical (unpaired) electrons. The van der Waals surface area contributed by atoms with Crippen LogP contribution in [0.1, 0.15) is 22.2 Å². The summed E-state index contributed by atoms with van der Waals surface area (Å²) in [5.41, 5.74) is 2.18. The molecule has 0 spiro atoms. The Labute approximate surface area is 194 Å². The summed E-state index contributed by atoms with van der Waals surface area (Å²) in [6, 6.07) is 9.70. The maximum Gasteiger partial charge on any atom is 0.414 e. The van der Waals surface area contributed by atoms with Crippen molar-refractivity contribution in [3.63, 3.8) is 0 Å². The van der Waals surface area contributed by atoms with Crippen molar-refractivity contribution in [2.75, 3.05) is 44.8 Å². The minimum atomic E-state index is -1.82. The van der Waals surface area contributed by atoms with Crippen molar-refractivity contribution in [1.29, 1.82) is 0 Å². The van der Waals surface area contributed by atoms with Gasteiger partial charge in [-0.1, -0.05) is 30.3 Å². The summed E-state index contributed by atoms with van der Waals surface area (Å²) in [6.45, 7) is 7.03. The second-order valence-corrected chi connectivity index (χ2v) is 8.10. The van der Waals surface area contributed by atoms with Gasteiger partial charge in [-0.3, -0.25) is 9.69 Å². The molecule has 0 saturated carbocycles. The van der Waals surface area contributed by atoms with E-state index in [-0.39, 0.29) is 19.1 Å². The lowest BCUT2D eigenvalue weighted by molar-refractivity contribution is -0.159. The molecule has 0 unspecified atom stereocenters. The molecule has 10 nitrogen and oxygen atoms in total. The fourth-order valence-electron chi connectivity index (χ4n) is 3.11. The molecule has 1 aliphatic rings. The zero-order valence-electron chi connectivity index (χ0n) is 18.3. The number of carboxylic acid groups (broad SMARTS) is 2. The van der Waals surface area contributed by atoms with Crippen LogP contribution in [0.3, 0.4) is 0 Å². The number of rotatable bonds is 6. The van der Waals surface area contributed by atoms with Crippen molar-refractivity contribution in [2.45, 2.75) is 13.8 Å². The number of carbonyl (C=O) groups is 4. The number of nitrogens with one attached hydrogen (secondary N) is 1. The number of carbonyl (C=O) groups excluding carboxylic acids is 2. The van der Waals surface area contributed by atoms with E-state index in [4.69, 9.17) is 29.3 Å². The third-order valence-corrected chi connectivity index (χ3v) is 5.55. The molecule has 0 bridgehead atoms. The van der Waals surface area contributed by atoms with E-state index in [2.05, 4.69) is 5.32 Å². The van der Waals surface area contributed by atoms with Gasteiger partial charge in [0.1, 0.15) is 10.6 Å². The monoisotopic (exact) mass is 478 g/mol. The molecule has 0 aliphatic carbocycles. The number of thiophene rings is 1. The number of aryl methyl sites for hydroxylation is 1. The highest BCUT2D eigenvalue weighted by Gasteiger charge is 2.26. The summed E-state index contributed by atoms with van der Waals surface area (Å²) in [4.78, 5) is 46.4. The molecule has 3 rings (SSSR count). The number of nitrogens with zero attached hydrogens (tertiary/aromatic N) is 1. The van der Waals surface area contributed by atoms with E-state index < -0.39 is 17.9 Å². The lowest BCUT2D eigenvalue weighted by Crippen LogP contribution is -2.41. The smallest absolute Gasteiger partial charge is 0.414 e. The van der Waals surface area contributed by atoms with Crippen LogP contribution >= 0.6 is 11.3 Å². The molecule has 1 saturated heterocycles. The van der Waals surface area contributed by atoms with E-state index in [0.29, 0.717) is 23.8 Å². The summed E-state index contributed by atoms with van der Waals surface area (Å²) in [7, 11) is 0. The number of ether oxygens (including phenoxy) is 2. The number of morpholine rings is 1. The van der Waals surface area contributed by atoms with Gasteiger partial charge in [-0.25, -0.2) is 14.4 Å². The van der Waals surface area contributed by atoms with E-state index in [1.54, 1.807) is 6.92 Å². The van der Waals surface area contributed by atoms with Crippen molar-refractivity contribution < 1.29 is 38.9 Å². The fourth-order valence-corrected chi connectivity index (χ4v) is 4.19. The second-order valence-electron chi connectivity index (χ2n) is 6.87. The average Bonchev–Trinajstić information content (AvgIpc) is 3.11. The molecule has 1 amide bonds. The van der Waals surface area contributed by atoms with Crippen molar-refractivity contribution in [3.05, 3.63) is 40.8 Å². The second kappa shape index (κ2) is 12.7. The predicted molar refractivity (Wildman–Crippen MR) is 122 cm³/mol. The van der Waals surface area contributed by atoms with Crippen molar-refractivity contribution in [1.82, 2.24) is 4.90 Å². The molecule has 2 heterocycles. The number of aliphatic carboxylic acids is 2. The largest absolute Gasteiger partial charge is 0.473 e. The molecule has 3 N–H and O–H groups in total. The molecular formula is C22H26N2O8S. The summed E-state index contributed by atoms with van der Waals surface area (Å²) >= 11 is 1.40. The topological polar surface area (TPSA) is 142 Å². The minimum absolute atomic E-state index is 0.136. The number of benzene rings is 1. The van der Waals surface area contributed by atoms with Crippen LogP contribution in [0.25, 0.3) is 11.1 Å². The van der Waals surface area contributed by atoms with Crippen LogP contribution in [-0.2, 0) is 23.9 Å². The highest BCUT2D eigenvalue weighted by Crippen LogP contribution is 2.40. The van der Waals surface area contributed by atoms with E-state index in [1.165, 1.54) is 11.3 Å². The van der Waals surface area contributed by atoms with Crippen LogP contribution < -0.4 is 5.32 Å². The first-order chi connectivity index (χ1) is 15.7. The molecule has 0 atom stereocenters. The summed E-state index contributed by atoms with van der Waals surface area (Å²) < 4.78 is 10.6. The fraction of sp³-hybridized carbons (Fsp3) is 0.364. The zero-order chi connectivity index (χ0) is 24.4. The normalized spacial score (nSPS) is 13.4. The van der Waals surface area contributed by atoms with Gasteiger partial charge in [0.15, 0.2) is 0 Å². The SMILES string of the molecule is CCOC(=O)c1c(NC(=O)CN2CCOCC2)sc(C)c1-c1ccccc1.O=C(O)C(=O)O. The number of carboxylic acids is 2. The minimum Gasteiger partial charge on any atom is -0.473 e. The van der Waals surface area contributed by atoms with Gasteiger partial charge in [-0.05, 0) is 19.4 Å². The van der Waals surface area contributed by atoms with Gasteiger partial charge in [0.2, 0.25) is 5.91 Å². The van der Waals surface area contributed by atoms with E-state index in [0.717, 1.165) is 29.1 Å². The quantitative estimate of drug-likeness (QED) is 0.421. The molecule has 1 aliphatic heterocycles. The molecule has 1 fully saturated rings. The van der Waals surface area contributed by atoms with Crippen molar-refractivity contribution >= 4 is 40.2 Å². The molecule has 178 valence electrons. The first kappa shape index (κ1) is 26.0.